The third-order valence-corrected chi connectivity index (χ3v) is 2.51. The van der Waals surface area contributed by atoms with Gasteiger partial charge in [-0.25, -0.2) is 0 Å². The Balaban J connectivity index is 2.75. The van der Waals surface area contributed by atoms with Crippen molar-refractivity contribution in [2.24, 2.45) is 0 Å². The van der Waals surface area contributed by atoms with E-state index in [0.717, 1.165) is 6.42 Å². The molecule has 76 valence electrons. The fourth-order valence-electron chi connectivity index (χ4n) is 1.73. The van der Waals surface area contributed by atoms with E-state index in [2.05, 4.69) is 5.92 Å². The van der Waals surface area contributed by atoms with E-state index < -0.39 is 0 Å². The van der Waals surface area contributed by atoms with Gasteiger partial charge in [-0.05, 0) is 12.8 Å². The molecule has 14 heavy (non-hydrogen) atoms. The molecule has 1 atom stereocenters. The topological polar surface area (TPSA) is 37.4 Å². The largest absolute Gasteiger partial charge is 0.279 e. The lowest BCUT2D eigenvalue weighted by atomic mass is 10.0. The number of carbonyl (C=O) groups is 2. The Labute approximate surface area is 84.5 Å². The number of hydrogen-bond acceptors (Lipinski definition) is 2. The first-order chi connectivity index (χ1) is 6.70. The van der Waals surface area contributed by atoms with Crippen molar-refractivity contribution in [1.82, 2.24) is 4.90 Å². The van der Waals surface area contributed by atoms with Gasteiger partial charge in [-0.1, -0.05) is 6.92 Å². The highest BCUT2D eigenvalue weighted by molar-refractivity contribution is 5.97. The van der Waals surface area contributed by atoms with Gasteiger partial charge in [0.05, 0.1) is 6.04 Å². The Morgan fingerprint density at radius 2 is 2.00 bits per heavy atom. The molecule has 1 rings (SSSR count). The van der Waals surface area contributed by atoms with Crippen LogP contribution in [0.1, 0.15) is 39.0 Å². The standard InChI is InChI=1S/C11H15NO2/c1-3-6-9(4-2)12-10(13)7-5-8-11(12)14/h1,9H,4-8H2,2H3. The highest BCUT2D eigenvalue weighted by Gasteiger charge is 2.30. The van der Waals surface area contributed by atoms with Crippen LogP contribution in [0.2, 0.25) is 0 Å². The van der Waals surface area contributed by atoms with E-state index in [9.17, 15) is 9.59 Å². The molecule has 0 spiro atoms. The summed E-state index contributed by atoms with van der Waals surface area (Å²) in [7, 11) is 0. The number of rotatable bonds is 3. The number of hydrogen-bond donors (Lipinski definition) is 0. The summed E-state index contributed by atoms with van der Waals surface area (Å²) < 4.78 is 0. The maximum atomic E-state index is 11.5. The van der Waals surface area contributed by atoms with Crippen molar-refractivity contribution in [3.8, 4) is 12.3 Å². The number of piperidine rings is 1. The first kappa shape index (κ1) is 10.8. The van der Waals surface area contributed by atoms with Gasteiger partial charge in [-0.15, -0.1) is 12.3 Å². The van der Waals surface area contributed by atoms with E-state index in [0.29, 0.717) is 25.7 Å². The summed E-state index contributed by atoms with van der Waals surface area (Å²) in [6.45, 7) is 1.94. The highest BCUT2D eigenvalue weighted by Crippen LogP contribution is 2.18. The molecule has 2 amide bonds. The smallest absolute Gasteiger partial charge is 0.229 e. The van der Waals surface area contributed by atoms with Gasteiger partial charge in [-0.3, -0.25) is 14.5 Å². The molecular formula is C11H15NO2. The van der Waals surface area contributed by atoms with E-state index in [1.165, 1.54) is 4.90 Å². The van der Waals surface area contributed by atoms with Crippen LogP contribution in [0.4, 0.5) is 0 Å². The zero-order valence-electron chi connectivity index (χ0n) is 8.45. The summed E-state index contributed by atoms with van der Waals surface area (Å²) in [6, 6.07) is -0.0969. The van der Waals surface area contributed by atoms with Crippen LogP contribution in [0.25, 0.3) is 0 Å². The van der Waals surface area contributed by atoms with E-state index in [-0.39, 0.29) is 17.9 Å². The van der Waals surface area contributed by atoms with Crippen LogP contribution in [0.3, 0.4) is 0 Å². The summed E-state index contributed by atoms with van der Waals surface area (Å²) in [4.78, 5) is 24.4. The molecule has 0 aromatic rings. The second kappa shape index (κ2) is 4.80. The SMILES string of the molecule is C#CCC(CC)N1C(=O)CCCC1=O. The van der Waals surface area contributed by atoms with Gasteiger partial charge in [0.1, 0.15) is 0 Å². The van der Waals surface area contributed by atoms with Crippen LogP contribution in [0, 0.1) is 12.3 Å². The zero-order valence-corrected chi connectivity index (χ0v) is 8.45. The van der Waals surface area contributed by atoms with E-state index in [1.54, 1.807) is 0 Å². The molecule has 0 aromatic carbocycles. The first-order valence-corrected chi connectivity index (χ1v) is 4.99. The maximum absolute atomic E-state index is 11.5. The third kappa shape index (κ3) is 2.14. The molecule has 3 heteroatoms. The van der Waals surface area contributed by atoms with Gasteiger partial charge in [-0.2, -0.15) is 0 Å². The molecule has 1 saturated heterocycles. The molecule has 3 nitrogen and oxygen atoms in total. The lowest BCUT2D eigenvalue weighted by Gasteiger charge is -2.31. The van der Waals surface area contributed by atoms with Crippen LogP contribution in [0.15, 0.2) is 0 Å². The quantitative estimate of drug-likeness (QED) is 0.501. The van der Waals surface area contributed by atoms with E-state index >= 15 is 0 Å². The number of terminal acetylenes is 1. The van der Waals surface area contributed by atoms with Gasteiger partial charge in [0.15, 0.2) is 0 Å². The minimum absolute atomic E-state index is 0.0663. The van der Waals surface area contributed by atoms with Gasteiger partial charge < -0.3 is 0 Å². The molecule has 1 fully saturated rings. The summed E-state index contributed by atoms with van der Waals surface area (Å²) in [5, 5.41) is 0. The Morgan fingerprint density at radius 3 is 2.43 bits per heavy atom. The minimum Gasteiger partial charge on any atom is -0.279 e. The summed E-state index contributed by atoms with van der Waals surface area (Å²) in [5.41, 5.74) is 0. The van der Waals surface area contributed by atoms with Crippen LogP contribution in [0.5, 0.6) is 0 Å². The molecule has 0 aromatic heterocycles. The number of likely N-dealkylation sites (tertiary alicyclic amines) is 1. The average Bonchev–Trinajstić information content (AvgIpc) is 2.16. The molecule has 1 aliphatic heterocycles. The second-order valence-electron chi connectivity index (χ2n) is 3.48. The Bertz CT molecular complexity index is 262. The van der Waals surface area contributed by atoms with Crippen molar-refractivity contribution in [1.29, 1.82) is 0 Å². The van der Waals surface area contributed by atoms with Crippen molar-refractivity contribution >= 4 is 11.8 Å². The highest BCUT2D eigenvalue weighted by atomic mass is 16.2. The molecule has 0 saturated carbocycles. The van der Waals surface area contributed by atoms with E-state index in [4.69, 9.17) is 6.42 Å². The fraction of sp³-hybridized carbons (Fsp3) is 0.636. The zero-order chi connectivity index (χ0) is 10.6. The number of nitrogens with zero attached hydrogens (tertiary/aromatic N) is 1. The van der Waals surface area contributed by atoms with Crippen LogP contribution in [-0.2, 0) is 9.59 Å². The molecule has 0 bridgehead atoms. The summed E-state index contributed by atoms with van der Waals surface area (Å²) in [6.07, 6.45) is 8.05. The predicted octanol–water partition coefficient (Wildman–Crippen LogP) is 1.33. The van der Waals surface area contributed by atoms with Crippen LogP contribution < -0.4 is 0 Å². The molecule has 0 radical (unpaired) electrons. The number of carbonyl (C=O) groups excluding carboxylic acids is 2. The minimum atomic E-state index is -0.0969. The lowest BCUT2D eigenvalue weighted by molar-refractivity contribution is -0.150. The number of imide groups is 1. The van der Waals surface area contributed by atoms with Gasteiger partial charge >= 0.3 is 0 Å². The number of amides is 2. The lowest BCUT2D eigenvalue weighted by Crippen LogP contribution is -2.46. The molecule has 1 heterocycles. The van der Waals surface area contributed by atoms with Gasteiger partial charge in [0.25, 0.3) is 0 Å². The van der Waals surface area contributed by atoms with Crippen molar-refractivity contribution < 1.29 is 9.59 Å². The summed E-state index contributed by atoms with van der Waals surface area (Å²) >= 11 is 0. The molecule has 1 unspecified atom stereocenters. The van der Waals surface area contributed by atoms with Crippen LogP contribution in [-0.4, -0.2) is 22.8 Å². The van der Waals surface area contributed by atoms with Crippen molar-refractivity contribution in [2.45, 2.75) is 45.1 Å². The van der Waals surface area contributed by atoms with Crippen LogP contribution >= 0.6 is 0 Å². The fourth-order valence-corrected chi connectivity index (χ4v) is 1.73. The Morgan fingerprint density at radius 1 is 1.43 bits per heavy atom. The maximum Gasteiger partial charge on any atom is 0.229 e. The predicted molar refractivity (Wildman–Crippen MR) is 53.2 cm³/mol. The summed E-state index contributed by atoms with van der Waals surface area (Å²) in [5.74, 6) is 2.38. The Kier molecular flexibility index (Phi) is 3.70. The molecule has 0 N–H and O–H groups in total. The molecule has 1 aliphatic rings. The van der Waals surface area contributed by atoms with Crippen molar-refractivity contribution in [3.05, 3.63) is 0 Å². The second-order valence-corrected chi connectivity index (χ2v) is 3.48. The monoisotopic (exact) mass is 193 g/mol. The third-order valence-electron chi connectivity index (χ3n) is 2.51. The van der Waals surface area contributed by atoms with E-state index in [1.807, 2.05) is 6.92 Å². The molecule has 0 aliphatic carbocycles. The first-order valence-electron chi connectivity index (χ1n) is 4.99. The van der Waals surface area contributed by atoms with Crippen molar-refractivity contribution in [3.63, 3.8) is 0 Å². The van der Waals surface area contributed by atoms with Gasteiger partial charge in [0.2, 0.25) is 11.8 Å². The molecular weight excluding hydrogens is 178 g/mol. The van der Waals surface area contributed by atoms with Crippen molar-refractivity contribution in [2.75, 3.05) is 0 Å². The normalized spacial score (nSPS) is 19.3. The average molecular weight is 193 g/mol. The van der Waals surface area contributed by atoms with Gasteiger partial charge in [0, 0.05) is 19.3 Å². The Hall–Kier alpha value is -1.30.